The van der Waals surface area contributed by atoms with Crippen molar-refractivity contribution in [1.82, 2.24) is 9.55 Å². The molecule has 0 aliphatic heterocycles. The standard InChI is InChI=1S/C33H33N2O.Ir/c1-4-12-23(13-5-1)27-22-28(24-14-6-2-7-15-24)32-30(26-18-10-11-19-29(26)36-32)31(27)35-21-20-34-33(35)25-16-8-3-9-17-25;/h3,8-11,16,18-24H,1-2,4-7,12-15H2;/q-1;. The van der Waals surface area contributed by atoms with Crippen LogP contribution < -0.4 is 0 Å². The normalized spacial score (nSPS) is 17.3. The van der Waals surface area contributed by atoms with E-state index in [0.717, 1.165) is 22.6 Å². The van der Waals surface area contributed by atoms with Gasteiger partial charge in [-0.1, -0.05) is 56.7 Å². The molecule has 37 heavy (non-hydrogen) atoms. The Kier molecular flexibility index (Phi) is 7.06. The Labute approximate surface area is 232 Å². The number of hydrogen-bond acceptors (Lipinski definition) is 2. The van der Waals surface area contributed by atoms with Crippen LogP contribution in [0.4, 0.5) is 0 Å². The van der Waals surface area contributed by atoms with E-state index in [1.165, 1.54) is 91.8 Å². The van der Waals surface area contributed by atoms with Gasteiger partial charge in [-0.3, -0.25) is 4.98 Å². The van der Waals surface area contributed by atoms with Crippen LogP contribution in [0.5, 0.6) is 0 Å². The number of fused-ring (bicyclic) bond motifs is 3. The van der Waals surface area contributed by atoms with E-state index in [1.807, 2.05) is 18.3 Å². The smallest absolute Gasteiger partial charge is 0.140 e. The summed E-state index contributed by atoms with van der Waals surface area (Å²) in [4.78, 5) is 4.83. The predicted molar refractivity (Wildman–Crippen MR) is 147 cm³/mol. The van der Waals surface area contributed by atoms with Crippen LogP contribution in [0.1, 0.15) is 87.2 Å². The molecule has 0 N–H and O–H groups in total. The average molecular weight is 666 g/mol. The molecule has 191 valence electrons. The van der Waals surface area contributed by atoms with Gasteiger partial charge in [0.2, 0.25) is 0 Å². The van der Waals surface area contributed by atoms with Gasteiger partial charge in [-0.2, -0.15) is 0 Å². The molecule has 0 atom stereocenters. The second kappa shape index (κ2) is 10.6. The minimum absolute atomic E-state index is 0. The minimum atomic E-state index is 0. The molecule has 0 spiro atoms. The van der Waals surface area contributed by atoms with E-state index in [4.69, 9.17) is 9.40 Å². The van der Waals surface area contributed by atoms with E-state index >= 15 is 0 Å². The number of rotatable bonds is 4. The van der Waals surface area contributed by atoms with Crippen molar-refractivity contribution in [3.63, 3.8) is 0 Å². The third-order valence-corrected chi connectivity index (χ3v) is 8.60. The van der Waals surface area contributed by atoms with E-state index in [1.54, 1.807) is 0 Å². The molecular weight excluding hydrogens is 633 g/mol. The second-order valence-corrected chi connectivity index (χ2v) is 10.8. The SMILES string of the molecule is [Ir].[c-]1ccccc1-c1nccn1-c1c(C2CCCCC2)cc(C2CCCCC2)c2oc3ccccc3c12. The van der Waals surface area contributed by atoms with E-state index in [0.29, 0.717) is 11.8 Å². The fourth-order valence-electron chi connectivity index (χ4n) is 6.85. The maximum Gasteiger partial charge on any atom is 0.140 e. The molecule has 3 nitrogen and oxygen atoms in total. The number of aromatic nitrogens is 2. The second-order valence-electron chi connectivity index (χ2n) is 10.8. The average Bonchev–Trinajstić information content (AvgIpc) is 3.59. The fourth-order valence-corrected chi connectivity index (χ4v) is 6.85. The number of nitrogens with zero attached hydrogens (tertiary/aromatic N) is 2. The van der Waals surface area contributed by atoms with Gasteiger partial charge in [0.1, 0.15) is 11.2 Å². The van der Waals surface area contributed by atoms with Crippen LogP contribution in [0, 0.1) is 6.07 Å². The maximum absolute atomic E-state index is 6.72. The molecule has 2 aromatic heterocycles. The summed E-state index contributed by atoms with van der Waals surface area (Å²) in [6, 6.07) is 22.8. The van der Waals surface area contributed by atoms with Crippen LogP contribution in [0.15, 0.2) is 71.4 Å². The zero-order valence-corrected chi connectivity index (χ0v) is 23.6. The van der Waals surface area contributed by atoms with Gasteiger partial charge in [-0.15, -0.1) is 35.9 Å². The van der Waals surface area contributed by atoms with Crippen LogP contribution >= 0.6 is 0 Å². The van der Waals surface area contributed by atoms with Crippen molar-refractivity contribution in [1.29, 1.82) is 0 Å². The monoisotopic (exact) mass is 666 g/mol. The van der Waals surface area contributed by atoms with Crippen molar-refractivity contribution in [3.05, 3.63) is 84.2 Å². The summed E-state index contributed by atoms with van der Waals surface area (Å²) in [5, 5.41) is 2.48. The van der Waals surface area contributed by atoms with Gasteiger partial charge < -0.3 is 8.98 Å². The first-order chi connectivity index (χ1) is 17.9. The summed E-state index contributed by atoms with van der Waals surface area (Å²) in [5.41, 5.74) is 7.30. The van der Waals surface area contributed by atoms with Crippen LogP contribution in [-0.4, -0.2) is 9.55 Å². The van der Waals surface area contributed by atoms with Gasteiger partial charge >= 0.3 is 0 Å². The maximum atomic E-state index is 6.72. The molecule has 2 aliphatic carbocycles. The van der Waals surface area contributed by atoms with Crippen LogP contribution in [0.3, 0.4) is 0 Å². The largest absolute Gasteiger partial charge is 0.456 e. The zero-order chi connectivity index (χ0) is 23.9. The van der Waals surface area contributed by atoms with Gasteiger partial charge in [0.05, 0.1) is 16.9 Å². The summed E-state index contributed by atoms with van der Waals surface area (Å²) >= 11 is 0. The Balaban J connectivity index is 0.00000252. The van der Waals surface area contributed by atoms with Crippen LogP contribution in [0.25, 0.3) is 39.0 Å². The predicted octanol–water partition coefficient (Wildman–Crippen LogP) is 9.33. The zero-order valence-electron chi connectivity index (χ0n) is 21.2. The van der Waals surface area contributed by atoms with Crippen LogP contribution in [0.2, 0.25) is 0 Å². The third kappa shape index (κ3) is 4.39. The molecule has 7 rings (SSSR count). The summed E-state index contributed by atoms with van der Waals surface area (Å²) in [7, 11) is 0. The van der Waals surface area contributed by atoms with E-state index in [-0.39, 0.29) is 20.1 Å². The Hall–Kier alpha value is -2.68. The van der Waals surface area contributed by atoms with Gasteiger partial charge in [0.25, 0.3) is 0 Å². The van der Waals surface area contributed by atoms with Crippen molar-refractivity contribution >= 4 is 21.9 Å². The summed E-state index contributed by atoms with van der Waals surface area (Å²) in [6.45, 7) is 0. The molecule has 2 aliphatic rings. The first-order valence-corrected chi connectivity index (χ1v) is 13.9. The van der Waals surface area contributed by atoms with Crippen molar-refractivity contribution in [3.8, 4) is 17.1 Å². The van der Waals surface area contributed by atoms with E-state index in [9.17, 15) is 0 Å². The number of imidazole rings is 1. The molecule has 0 saturated heterocycles. The topological polar surface area (TPSA) is 31.0 Å². The van der Waals surface area contributed by atoms with Gasteiger partial charge in [-0.25, -0.2) is 0 Å². The number of furan rings is 1. The minimum Gasteiger partial charge on any atom is -0.456 e. The first kappa shape index (κ1) is 24.6. The quantitative estimate of drug-likeness (QED) is 0.179. The molecule has 0 amide bonds. The third-order valence-electron chi connectivity index (χ3n) is 8.60. The van der Waals surface area contributed by atoms with Crippen molar-refractivity contribution in [2.24, 2.45) is 0 Å². The number of benzene rings is 3. The summed E-state index contributed by atoms with van der Waals surface area (Å²) < 4.78 is 9.05. The van der Waals surface area contributed by atoms with E-state index in [2.05, 4.69) is 59.3 Å². The molecule has 0 unspecified atom stereocenters. The molecule has 2 heterocycles. The van der Waals surface area contributed by atoms with E-state index < -0.39 is 0 Å². The summed E-state index contributed by atoms with van der Waals surface area (Å²) in [5.74, 6) is 2.11. The van der Waals surface area contributed by atoms with Gasteiger partial charge in [0.15, 0.2) is 0 Å². The van der Waals surface area contributed by atoms with Crippen molar-refractivity contribution < 1.29 is 24.5 Å². The molecule has 2 saturated carbocycles. The van der Waals surface area contributed by atoms with Crippen molar-refractivity contribution in [2.45, 2.75) is 76.0 Å². The number of hydrogen-bond donors (Lipinski definition) is 0. The summed E-state index contributed by atoms with van der Waals surface area (Å²) in [6.07, 6.45) is 17.1. The molecule has 0 bridgehead atoms. The number of para-hydroxylation sites is 1. The van der Waals surface area contributed by atoms with Crippen LogP contribution in [-0.2, 0) is 20.1 Å². The molecule has 5 aromatic rings. The molecule has 1 radical (unpaired) electrons. The van der Waals surface area contributed by atoms with Crippen molar-refractivity contribution in [2.75, 3.05) is 0 Å². The van der Waals surface area contributed by atoms with Gasteiger partial charge in [0, 0.05) is 37.9 Å². The molecule has 2 fully saturated rings. The van der Waals surface area contributed by atoms with Gasteiger partial charge in [-0.05, 0) is 60.8 Å². The fraction of sp³-hybridized carbons (Fsp3) is 0.364. The first-order valence-electron chi connectivity index (χ1n) is 13.9. The Morgan fingerprint density at radius 3 is 2.24 bits per heavy atom. The molecule has 4 heteroatoms. The molecule has 3 aromatic carbocycles. The Morgan fingerprint density at radius 2 is 1.51 bits per heavy atom. The molecular formula is C33H33IrN2O-. The Morgan fingerprint density at radius 1 is 0.811 bits per heavy atom. The Bertz CT molecular complexity index is 1500.